The topological polar surface area (TPSA) is 78.6 Å². The molecule has 2 N–H and O–H groups in total. The molecule has 0 unspecified atom stereocenters. The van der Waals surface area contributed by atoms with Crippen molar-refractivity contribution in [2.24, 2.45) is 0 Å². The van der Waals surface area contributed by atoms with Gasteiger partial charge in [0.25, 0.3) is 5.69 Å². The van der Waals surface area contributed by atoms with E-state index < -0.39 is 0 Å². The lowest BCUT2D eigenvalue weighted by atomic mass is 10.1. The highest BCUT2D eigenvalue weighted by atomic mass is 16.6. The number of likely N-dealkylation sites (N-methyl/N-ethyl adjacent to an activating group) is 1. The molecule has 0 spiro atoms. The van der Waals surface area contributed by atoms with E-state index in [2.05, 4.69) is 5.32 Å². The van der Waals surface area contributed by atoms with Crippen LogP contribution >= 0.6 is 0 Å². The van der Waals surface area contributed by atoms with Gasteiger partial charge in [0.2, 0.25) is 0 Å². The van der Waals surface area contributed by atoms with Gasteiger partial charge in [0.05, 0.1) is 11.5 Å². The van der Waals surface area contributed by atoms with Crippen molar-refractivity contribution in [3.63, 3.8) is 0 Å². The summed E-state index contributed by atoms with van der Waals surface area (Å²) in [7, 11) is 1.87. The Kier molecular flexibility index (Phi) is 6.24. The molecule has 1 aromatic rings. The molecule has 1 rings (SSSR count). The maximum atomic E-state index is 11.1. The SMILES string of the molecule is CCCNc1ccc(CN(C)CCO)cc1[N+](=O)[O-]. The second kappa shape index (κ2) is 7.70. The quantitative estimate of drug-likeness (QED) is 0.555. The number of hydrogen-bond donors (Lipinski definition) is 2. The van der Waals surface area contributed by atoms with Crippen LogP contribution in [0.4, 0.5) is 11.4 Å². The van der Waals surface area contributed by atoms with Crippen LogP contribution in [0.5, 0.6) is 0 Å². The molecule has 0 aliphatic carbocycles. The van der Waals surface area contributed by atoms with Crippen LogP contribution in [0, 0.1) is 10.1 Å². The minimum absolute atomic E-state index is 0.0781. The minimum atomic E-state index is -0.368. The molecule has 1 aromatic carbocycles. The van der Waals surface area contributed by atoms with Gasteiger partial charge in [0.1, 0.15) is 5.69 Å². The van der Waals surface area contributed by atoms with Gasteiger partial charge in [-0.05, 0) is 25.1 Å². The second-order valence-corrected chi connectivity index (χ2v) is 4.50. The van der Waals surface area contributed by atoms with Crippen LogP contribution in [-0.2, 0) is 6.54 Å². The van der Waals surface area contributed by atoms with E-state index in [1.165, 1.54) is 0 Å². The number of hydrogen-bond acceptors (Lipinski definition) is 5. The summed E-state index contributed by atoms with van der Waals surface area (Å²) < 4.78 is 0. The van der Waals surface area contributed by atoms with Crippen molar-refractivity contribution in [2.75, 3.05) is 32.1 Å². The van der Waals surface area contributed by atoms with Gasteiger partial charge in [0, 0.05) is 25.7 Å². The normalized spacial score (nSPS) is 10.7. The number of benzene rings is 1. The molecule has 0 heterocycles. The lowest BCUT2D eigenvalue weighted by Crippen LogP contribution is -2.21. The standard InChI is InChI=1S/C13H21N3O3/c1-3-6-14-12-5-4-11(9-13(12)16(18)19)10-15(2)7-8-17/h4-5,9,14,17H,3,6-8,10H2,1-2H3. The highest BCUT2D eigenvalue weighted by Crippen LogP contribution is 2.26. The number of aliphatic hydroxyl groups is 1. The maximum absolute atomic E-state index is 11.1. The first kappa shape index (κ1) is 15.4. The zero-order valence-corrected chi connectivity index (χ0v) is 11.4. The Bertz CT molecular complexity index is 424. The van der Waals surface area contributed by atoms with E-state index in [4.69, 9.17) is 5.11 Å². The first-order valence-electron chi connectivity index (χ1n) is 6.39. The first-order valence-corrected chi connectivity index (χ1v) is 6.39. The largest absolute Gasteiger partial charge is 0.395 e. The van der Waals surface area contributed by atoms with Crippen molar-refractivity contribution in [2.45, 2.75) is 19.9 Å². The Labute approximate surface area is 113 Å². The molecule has 0 amide bonds. The zero-order chi connectivity index (χ0) is 14.3. The number of nitrogens with zero attached hydrogens (tertiary/aromatic N) is 2. The van der Waals surface area contributed by atoms with Gasteiger partial charge in [-0.2, -0.15) is 0 Å². The number of aliphatic hydroxyl groups excluding tert-OH is 1. The molecule has 0 aliphatic rings. The summed E-state index contributed by atoms with van der Waals surface area (Å²) in [6, 6.07) is 5.21. The number of anilines is 1. The van der Waals surface area contributed by atoms with Crippen LogP contribution in [0.15, 0.2) is 18.2 Å². The maximum Gasteiger partial charge on any atom is 0.292 e. The second-order valence-electron chi connectivity index (χ2n) is 4.50. The summed E-state index contributed by atoms with van der Waals surface area (Å²) in [5.74, 6) is 0. The molecule has 0 saturated heterocycles. The molecule has 19 heavy (non-hydrogen) atoms. The van der Waals surface area contributed by atoms with E-state index in [1.807, 2.05) is 24.9 Å². The van der Waals surface area contributed by atoms with Crippen LogP contribution in [0.3, 0.4) is 0 Å². The Morgan fingerprint density at radius 2 is 2.21 bits per heavy atom. The molecule has 6 nitrogen and oxygen atoms in total. The van der Waals surface area contributed by atoms with E-state index in [0.29, 0.717) is 25.3 Å². The van der Waals surface area contributed by atoms with Gasteiger partial charge >= 0.3 is 0 Å². The predicted octanol–water partition coefficient (Wildman–Crippen LogP) is 1.84. The van der Waals surface area contributed by atoms with Crippen LogP contribution in [-0.4, -0.2) is 41.7 Å². The smallest absolute Gasteiger partial charge is 0.292 e. The summed E-state index contributed by atoms with van der Waals surface area (Å²) in [6.07, 6.45) is 0.915. The predicted molar refractivity (Wildman–Crippen MR) is 75.3 cm³/mol. The van der Waals surface area contributed by atoms with Gasteiger partial charge in [-0.25, -0.2) is 0 Å². The van der Waals surface area contributed by atoms with E-state index in [0.717, 1.165) is 12.0 Å². The Morgan fingerprint density at radius 3 is 2.79 bits per heavy atom. The van der Waals surface area contributed by atoms with Crippen molar-refractivity contribution in [1.29, 1.82) is 0 Å². The number of nitro groups is 1. The third-order valence-electron chi connectivity index (χ3n) is 2.76. The number of rotatable bonds is 8. The minimum Gasteiger partial charge on any atom is -0.395 e. The van der Waals surface area contributed by atoms with E-state index in [-0.39, 0.29) is 17.2 Å². The summed E-state index contributed by atoms with van der Waals surface area (Å²) in [4.78, 5) is 12.6. The number of nitrogens with one attached hydrogen (secondary N) is 1. The number of nitro benzene ring substituents is 1. The van der Waals surface area contributed by atoms with Gasteiger partial charge in [0.15, 0.2) is 0 Å². The molecule has 0 bridgehead atoms. The summed E-state index contributed by atoms with van der Waals surface area (Å²) >= 11 is 0. The average Bonchev–Trinajstić information content (AvgIpc) is 2.37. The van der Waals surface area contributed by atoms with Crippen LogP contribution in [0.25, 0.3) is 0 Å². The third-order valence-corrected chi connectivity index (χ3v) is 2.76. The highest BCUT2D eigenvalue weighted by molar-refractivity contribution is 5.62. The van der Waals surface area contributed by atoms with E-state index in [1.54, 1.807) is 12.1 Å². The highest BCUT2D eigenvalue weighted by Gasteiger charge is 2.14. The van der Waals surface area contributed by atoms with Gasteiger partial charge in [-0.3, -0.25) is 15.0 Å². The summed E-state index contributed by atoms with van der Waals surface area (Å²) in [5, 5.41) is 23.0. The van der Waals surface area contributed by atoms with Crippen molar-refractivity contribution in [3.8, 4) is 0 Å². The van der Waals surface area contributed by atoms with Gasteiger partial charge < -0.3 is 10.4 Å². The lowest BCUT2D eigenvalue weighted by molar-refractivity contribution is -0.384. The van der Waals surface area contributed by atoms with Crippen LogP contribution < -0.4 is 5.32 Å². The molecule has 106 valence electrons. The van der Waals surface area contributed by atoms with Crippen molar-refractivity contribution in [1.82, 2.24) is 4.90 Å². The molecule has 0 fully saturated rings. The zero-order valence-electron chi connectivity index (χ0n) is 11.4. The molecule has 0 aliphatic heterocycles. The van der Waals surface area contributed by atoms with Crippen molar-refractivity contribution >= 4 is 11.4 Å². The van der Waals surface area contributed by atoms with E-state index >= 15 is 0 Å². The monoisotopic (exact) mass is 267 g/mol. The fraction of sp³-hybridized carbons (Fsp3) is 0.538. The fourth-order valence-corrected chi connectivity index (χ4v) is 1.80. The molecule has 0 aromatic heterocycles. The summed E-state index contributed by atoms with van der Waals surface area (Å²) in [6.45, 7) is 3.93. The van der Waals surface area contributed by atoms with Crippen molar-refractivity contribution in [3.05, 3.63) is 33.9 Å². The van der Waals surface area contributed by atoms with Crippen molar-refractivity contribution < 1.29 is 10.0 Å². The molecular weight excluding hydrogens is 246 g/mol. The third kappa shape index (κ3) is 4.84. The van der Waals surface area contributed by atoms with E-state index in [9.17, 15) is 10.1 Å². The lowest BCUT2D eigenvalue weighted by Gasteiger charge is -2.15. The molecular formula is C13H21N3O3. The first-order chi connectivity index (χ1) is 9.08. The van der Waals surface area contributed by atoms with Crippen LogP contribution in [0.2, 0.25) is 0 Å². The van der Waals surface area contributed by atoms with Gasteiger partial charge in [-0.15, -0.1) is 0 Å². The Hall–Kier alpha value is -1.66. The molecule has 0 saturated carbocycles. The average molecular weight is 267 g/mol. The Balaban J connectivity index is 2.86. The fourth-order valence-electron chi connectivity index (χ4n) is 1.80. The molecule has 0 radical (unpaired) electrons. The van der Waals surface area contributed by atoms with Crippen LogP contribution in [0.1, 0.15) is 18.9 Å². The molecule has 0 atom stereocenters. The Morgan fingerprint density at radius 1 is 1.47 bits per heavy atom. The summed E-state index contributed by atoms with van der Waals surface area (Å²) in [5.41, 5.74) is 1.52. The molecule has 6 heteroatoms. The van der Waals surface area contributed by atoms with Gasteiger partial charge in [-0.1, -0.05) is 13.0 Å².